The maximum atomic E-state index is 5.46. The van der Waals surface area contributed by atoms with Gasteiger partial charge in [-0.05, 0) is 39.2 Å². The molecule has 2 rings (SSSR count). The molecular formula is C20H35IN4O. The highest BCUT2D eigenvalue weighted by Crippen LogP contribution is 2.16. The number of hydrogen-bond donors (Lipinski definition) is 2. The Morgan fingerprint density at radius 1 is 1.15 bits per heavy atom. The molecule has 1 fully saturated rings. The van der Waals surface area contributed by atoms with Crippen molar-refractivity contribution in [1.29, 1.82) is 0 Å². The van der Waals surface area contributed by atoms with Gasteiger partial charge in [0.1, 0.15) is 0 Å². The molecule has 1 aliphatic heterocycles. The van der Waals surface area contributed by atoms with Crippen molar-refractivity contribution < 1.29 is 4.74 Å². The molecule has 148 valence electrons. The third kappa shape index (κ3) is 8.22. The molecule has 1 saturated heterocycles. The minimum Gasteiger partial charge on any atom is -0.379 e. The second-order valence-electron chi connectivity index (χ2n) is 7.12. The molecule has 0 unspecified atom stereocenters. The van der Waals surface area contributed by atoms with Gasteiger partial charge in [-0.3, -0.25) is 9.89 Å². The minimum absolute atomic E-state index is 0. The number of nitrogens with one attached hydrogen (secondary N) is 2. The van der Waals surface area contributed by atoms with E-state index in [1.54, 1.807) is 0 Å². The van der Waals surface area contributed by atoms with Crippen LogP contribution in [0.25, 0.3) is 0 Å². The van der Waals surface area contributed by atoms with Crippen LogP contribution in [-0.4, -0.2) is 62.3 Å². The lowest BCUT2D eigenvalue weighted by Crippen LogP contribution is -2.52. The van der Waals surface area contributed by atoms with E-state index >= 15 is 0 Å². The summed E-state index contributed by atoms with van der Waals surface area (Å²) in [6, 6.07) is 10.6. The summed E-state index contributed by atoms with van der Waals surface area (Å²) in [6.45, 7) is 12.8. The summed E-state index contributed by atoms with van der Waals surface area (Å²) in [5.41, 5.74) is 1.44. The van der Waals surface area contributed by atoms with Crippen molar-refractivity contribution in [1.82, 2.24) is 15.5 Å². The van der Waals surface area contributed by atoms with Crippen LogP contribution in [0.5, 0.6) is 0 Å². The normalized spacial score (nSPS) is 16.0. The first-order valence-electron chi connectivity index (χ1n) is 9.51. The highest BCUT2D eigenvalue weighted by molar-refractivity contribution is 14.0. The molecule has 1 aliphatic rings. The monoisotopic (exact) mass is 474 g/mol. The molecule has 0 atom stereocenters. The zero-order valence-electron chi connectivity index (χ0n) is 16.5. The second kappa shape index (κ2) is 12.5. The quantitative estimate of drug-likeness (QED) is 0.263. The largest absolute Gasteiger partial charge is 0.379 e. The second-order valence-corrected chi connectivity index (χ2v) is 7.12. The van der Waals surface area contributed by atoms with Crippen molar-refractivity contribution in [3.63, 3.8) is 0 Å². The van der Waals surface area contributed by atoms with Gasteiger partial charge in [-0.15, -0.1) is 24.0 Å². The molecule has 0 saturated carbocycles. The summed E-state index contributed by atoms with van der Waals surface area (Å²) in [5.74, 6) is 0.914. The summed E-state index contributed by atoms with van der Waals surface area (Å²) < 4.78 is 5.46. The highest BCUT2D eigenvalue weighted by Gasteiger charge is 2.27. The van der Waals surface area contributed by atoms with Gasteiger partial charge in [-0.25, -0.2) is 0 Å². The fraction of sp³-hybridized carbons (Fsp3) is 0.650. The molecule has 2 N–H and O–H groups in total. The number of aliphatic imine (C=N–C) groups is 1. The molecule has 26 heavy (non-hydrogen) atoms. The van der Waals surface area contributed by atoms with Crippen molar-refractivity contribution in [2.45, 2.75) is 39.2 Å². The molecule has 6 heteroatoms. The van der Waals surface area contributed by atoms with Gasteiger partial charge in [-0.2, -0.15) is 0 Å². The van der Waals surface area contributed by atoms with Gasteiger partial charge in [-0.1, -0.05) is 30.3 Å². The van der Waals surface area contributed by atoms with E-state index in [0.29, 0.717) is 0 Å². The molecule has 1 heterocycles. The smallest absolute Gasteiger partial charge is 0.191 e. The predicted octanol–water partition coefficient (Wildman–Crippen LogP) is 2.90. The topological polar surface area (TPSA) is 48.9 Å². The maximum absolute atomic E-state index is 5.46. The van der Waals surface area contributed by atoms with Crippen LogP contribution in [0.15, 0.2) is 35.3 Å². The molecule has 0 spiro atoms. The highest BCUT2D eigenvalue weighted by atomic mass is 127. The van der Waals surface area contributed by atoms with Gasteiger partial charge in [0, 0.05) is 31.7 Å². The SMILES string of the molecule is CCNC(=NCC(C)(C)N1CCOCC1)NCCCc1ccccc1.I. The third-order valence-corrected chi connectivity index (χ3v) is 4.61. The van der Waals surface area contributed by atoms with Crippen LogP contribution >= 0.6 is 24.0 Å². The van der Waals surface area contributed by atoms with Gasteiger partial charge in [0.05, 0.1) is 19.8 Å². The number of halogens is 1. The fourth-order valence-corrected chi connectivity index (χ4v) is 3.03. The van der Waals surface area contributed by atoms with Crippen LogP contribution in [0.1, 0.15) is 32.8 Å². The predicted molar refractivity (Wildman–Crippen MR) is 121 cm³/mol. The van der Waals surface area contributed by atoms with Crippen molar-refractivity contribution in [3.8, 4) is 0 Å². The lowest BCUT2D eigenvalue weighted by Gasteiger charge is -2.39. The molecule has 5 nitrogen and oxygen atoms in total. The Bertz CT molecular complexity index is 516. The molecule has 1 aromatic rings. The average Bonchev–Trinajstić information content (AvgIpc) is 2.65. The van der Waals surface area contributed by atoms with E-state index in [0.717, 1.165) is 64.7 Å². The number of benzene rings is 1. The molecule has 0 amide bonds. The zero-order valence-corrected chi connectivity index (χ0v) is 18.8. The molecule has 0 aliphatic carbocycles. The number of ether oxygens (including phenoxy) is 1. The van der Waals surface area contributed by atoms with E-state index in [1.807, 2.05) is 0 Å². The molecule has 0 radical (unpaired) electrons. The van der Waals surface area contributed by atoms with E-state index in [9.17, 15) is 0 Å². The lowest BCUT2D eigenvalue weighted by atomic mass is 10.0. The Kier molecular flexibility index (Phi) is 11.2. The summed E-state index contributed by atoms with van der Waals surface area (Å²) in [5, 5.41) is 6.81. The van der Waals surface area contributed by atoms with Gasteiger partial charge >= 0.3 is 0 Å². The van der Waals surface area contributed by atoms with E-state index in [1.165, 1.54) is 5.56 Å². The molecule has 1 aromatic carbocycles. The average molecular weight is 474 g/mol. The number of hydrogen-bond acceptors (Lipinski definition) is 3. The Morgan fingerprint density at radius 3 is 2.50 bits per heavy atom. The molecule has 0 bridgehead atoms. The van der Waals surface area contributed by atoms with Gasteiger partial charge in [0.2, 0.25) is 0 Å². The first kappa shape index (κ1) is 23.2. The van der Waals surface area contributed by atoms with E-state index in [4.69, 9.17) is 9.73 Å². The number of nitrogens with zero attached hydrogens (tertiary/aromatic N) is 2. The van der Waals surface area contributed by atoms with Crippen LogP contribution in [0.3, 0.4) is 0 Å². The van der Waals surface area contributed by atoms with E-state index in [-0.39, 0.29) is 29.5 Å². The van der Waals surface area contributed by atoms with Crippen molar-refractivity contribution in [3.05, 3.63) is 35.9 Å². The van der Waals surface area contributed by atoms with Crippen LogP contribution in [0.4, 0.5) is 0 Å². The summed E-state index contributed by atoms with van der Waals surface area (Å²) in [7, 11) is 0. The number of guanidine groups is 1. The first-order valence-corrected chi connectivity index (χ1v) is 9.51. The number of morpholine rings is 1. The number of aryl methyl sites for hydroxylation is 1. The molecular weight excluding hydrogens is 439 g/mol. The Hall–Kier alpha value is -0.860. The summed E-state index contributed by atoms with van der Waals surface area (Å²) >= 11 is 0. The number of rotatable bonds is 8. The Balaban J connectivity index is 0.00000338. The van der Waals surface area contributed by atoms with Crippen molar-refractivity contribution >= 4 is 29.9 Å². The van der Waals surface area contributed by atoms with Crippen LogP contribution < -0.4 is 10.6 Å². The summed E-state index contributed by atoms with van der Waals surface area (Å²) in [6.07, 6.45) is 2.19. The van der Waals surface area contributed by atoms with Crippen LogP contribution in [0.2, 0.25) is 0 Å². The Morgan fingerprint density at radius 2 is 1.85 bits per heavy atom. The standard InChI is InChI=1S/C20H34N4O.HI/c1-4-21-19(22-12-8-11-18-9-6-5-7-10-18)23-17-20(2,3)24-13-15-25-16-14-24;/h5-7,9-10H,4,8,11-17H2,1-3H3,(H2,21,22,23);1H. The zero-order chi connectivity index (χ0) is 18.0. The van der Waals surface area contributed by atoms with Crippen molar-refractivity contribution in [2.75, 3.05) is 45.9 Å². The Labute approximate surface area is 176 Å². The van der Waals surface area contributed by atoms with Crippen LogP contribution in [0, 0.1) is 0 Å². The van der Waals surface area contributed by atoms with Gasteiger partial charge in [0.15, 0.2) is 5.96 Å². The molecule has 0 aromatic heterocycles. The van der Waals surface area contributed by atoms with Gasteiger partial charge in [0.25, 0.3) is 0 Å². The van der Waals surface area contributed by atoms with E-state index < -0.39 is 0 Å². The fourth-order valence-electron chi connectivity index (χ4n) is 3.03. The first-order chi connectivity index (χ1) is 12.1. The van der Waals surface area contributed by atoms with Crippen molar-refractivity contribution in [2.24, 2.45) is 4.99 Å². The van der Waals surface area contributed by atoms with E-state index in [2.05, 4.69) is 66.6 Å². The third-order valence-electron chi connectivity index (χ3n) is 4.61. The maximum Gasteiger partial charge on any atom is 0.191 e. The minimum atomic E-state index is 0. The lowest BCUT2D eigenvalue weighted by molar-refractivity contribution is -0.00683. The van der Waals surface area contributed by atoms with Gasteiger partial charge < -0.3 is 15.4 Å². The van der Waals surface area contributed by atoms with Crippen LogP contribution in [-0.2, 0) is 11.2 Å². The summed E-state index contributed by atoms with van der Waals surface area (Å²) in [4.78, 5) is 7.29.